The van der Waals surface area contributed by atoms with E-state index >= 15 is 0 Å². The van der Waals surface area contributed by atoms with Gasteiger partial charge in [0, 0.05) is 13.2 Å². The van der Waals surface area contributed by atoms with E-state index in [1.54, 1.807) is 0 Å². The second kappa shape index (κ2) is 9.88. The van der Waals surface area contributed by atoms with Gasteiger partial charge >= 0.3 is 0 Å². The monoisotopic (exact) mass is 254 g/mol. The number of rotatable bonds is 10. The molecule has 4 heteroatoms. The molecule has 0 unspecified atom stereocenters. The highest BCUT2D eigenvalue weighted by atomic mass is 16.7. The first-order valence-electron chi connectivity index (χ1n) is 6.35. The summed E-state index contributed by atoms with van der Waals surface area (Å²) in [4.78, 5) is 0. The molecule has 0 saturated carbocycles. The molecule has 18 heavy (non-hydrogen) atoms. The first-order valence-corrected chi connectivity index (χ1v) is 6.35. The van der Waals surface area contributed by atoms with Crippen LogP contribution in [0, 0.1) is 0 Å². The highest BCUT2D eigenvalue weighted by Gasteiger charge is 2.07. The topological polar surface area (TPSA) is 36.9 Å². The van der Waals surface area contributed by atoms with Crippen molar-refractivity contribution >= 4 is 0 Å². The van der Waals surface area contributed by atoms with Crippen LogP contribution in [0.4, 0.5) is 0 Å². The number of ether oxygens (including phenoxy) is 4. The highest BCUT2D eigenvalue weighted by Crippen LogP contribution is 2.07. The maximum atomic E-state index is 5.50. The molecule has 0 aliphatic heterocycles. The van der Waals surface area contributed by atoms with E-state index in [2.05, 4.69) is 0 Å². The molecule has 1 aromatic carbocycles. The molecule has 4 nitrogen and oxygen atoms in total. The van der Waals surface area contributed by atoms with Crippen molar-refractivity contribution in [2.45, 2.75) is 20.1 Å². The second-order valence-electron chi connectivity index (χ2n) is 3.58. The van der Waals surface area contributed by atoms with Gasteiger partial charge in [-0.3, -0.25) is 0 Å². The first kappa shape index (κ1) is 15.0. The van der Waals surface area contributed by atoms with Crippen molar-refractivity contribution < 1.29 is 18.9 Å². The SMILES string of the molecule is CCOC(COCCOc1ccccc1)OCC. The molecule has 102 valence electrons. The van der Waals surface area contributed by atoms with Crippen molar-refractivity contribution in [2.75, 3.05) is 33.0 Å². The van der Waals surface area contributed by atoms with E-state index < -0.39 is 0 Å². The minimum absolute atomic E-state index is 0.281. The van der Waals surface area contributed by atoms with Gasteiger partial charge in [-0.2, -0.15) is 0 Å². The van der Waals surface area contributed by atoms with Gasteiger partial charge in [-0.15, -0.1) is 0 Å². The van der Waals surface area contributed by atoms with Crippen LogP contribution in [-0.4, -0.2) is 39.3 Å². The van der Waals surface area contributed by atoms with E-state index in [9.17, 15) is 0 Å². The number of hydrogen-bond donors (Lipinski definition) is 0. The summed E-state index contributed by atoms with van der Waals surface area (Å²) >= 11 is 0. The molecule has 0 N–H and O–H groups in total. The third-order valence-corrected chi connectivity index (χ3v) is 2.20. The molecule has 0 fully saturated rings. The Balaban J connectivity index is 2.06. The Kier molecular flexibility index (Phi) is 8.21. The number of hydrogen-bond acceptors (Lipinski definition) is 4. The first-order chi connectivity index (χ1) is 8.86. The third-order valence-electron chi connectivity index (χ3n) is 2.20. The molecule has 0 spiro atoms. The van der Waals surface area contributed by atoms with Crippen LogP contribution in [0.1, 0.15) is 13.8 Å². The smallest absolute Gasteiger partial charge is 0.180 e. The molecule has 0 atom stereocenters. The molecular weight excluding hydrogens is 232 g/mol. The summed E-state index contributed by atoms with van der Waals surface area (Å²) in [6.07, 6.45) is -0.281. The van der Waals surface area contributed by atoms with E-state index in [1.807, 2.05) is 44.2 Å². The maximum Gasteiger partial charge on any atom is 0.180 e. The van der Waals surface area contributed by atoms with Gasteiger partial charge in [-0.05, 0) is 26.0 Å². The second-order valence-corrected chi connectivity index (χ2v) is 3.58. The van der Waals surface area contributed by atoms with E-state index in [1.165, 1.54) is 0 Å². The van der Waals surface area contributed by atoms with Crippen LogP contribution >= 0.6 is 0 Å². The summed E-state index contributed by atoms with van der Waals surface area (Å²) in [5, 5.41) is 0. The average molecular weight is 254 g/mol. The van der Waals surface area contributed by atoms with Crippen molar-refractivity contribution in [3.63, 3.8) is 0 Å². The molecular formula is C14H22O4. The fourth-order valence-corrected chi connectivity index (χ4v) is 1.43. The van der Waals surface area contributed by atoms with Gasteiger partial charge in [0.2, 0.25) is 0 Å². The van der Waals surface area contributed by atoms with Crippen LogP contribution in [0.15, 0.2) is 30.3 Å². The van der Waals surface area contributed by atoms with Crippen LogP contribution in [0.2, 0.25) is 0 Å². The van der Waals surface area contributed by atoms with Crippen LogP contribution in [-0.2, 0) is 14.2 Å². The summed E-state index contributed by atoms with van der Waals surface area (Å²) in [6, 6.07) is 9.68. The van der Waals surface area contributed by atoms with Gasteiger partial charge in [0.25, 0.3) is 0 Å². The van der Waals surface area contributed by atoms with Gasteiger partial charge in [0.15, 0.2) is 6.29 Å². The summed E-state index contributed by atoms with van der Waals surface area (Å²) in [6.45, 7) is 6.58. The molecule has 0 amide bonds. The predicted molar refractivity (Wildman–Crippen MR) is 69.8 cm³/mol. The van der Waals surface area contributed by atoms with Crippen LogP contribution < -0.4 is 4.74 Å². The van der Waals surface area contributed by atoms with Crippen LogP contribution in [0.5, 0.6) is 5.75 Å². The standard InChI is InChI=1S/C14H22O4/c1-3-16-14(17-4-2)12-15-10-11-18-13-8-6-5-7-9-13/h5-9,14H,3-4,10-12H2,1-2H3. The molecule has 1 aromatic rings. The molecule has 0 saturated heterocycles. The van der Waals surface area contributed by atoms with Crippen LogP contribution in [0.3, 0.4) is 0 Å². The van der Waals surface area contributed by atoms with Crippen LogP contribution in [0.25, 0.3) is 0 Å². The summed E-state index contributed by atoms with van der Waals surface area (Å²) in [5.74, 6) is 0.854. The lowest BCUT2D eigenvalue weighted by molar-refractivity contribution is -0.168. The summed E-state index contributed by atoms with van der Waals surface area (Å²) in [5.41, 5.74) is 0. The largest absolute Gasteiger partial charge is 0.491 e. The lowest BCUT2D eigenvalue weighted by atomic mass is 10.3. The molecule has 0 bridgehead atoms. The van der Waals surface area contributed by atoms with E-state index in [0.29, 0.717) is 33.0 Å². The Hall–Kier alpha value is -1.10. The molecule has 0 aromatic heterocycles. The van der Waals surface area contributed by atoms with E-state index in [0.717, 1.165) is 5.75 Å². The Labute approximate surface area is 109 Å². The summed E-state index contributed by atoms with van der Waals surface area (Å²) in [7, 11) is 0. The van der Waals surface area contributed by atoms with Crippen molar-refractivity contribution in [3.8, 4) is 5.75 Å². The maximum absolute atomic E-state index is 5.50. The van der Waals surface area contributed by atoms with Crippen molar-refractivity contribution in [2.24, 2.45) is 0 Å². The molecule has 0 heterocycles. The minimum Gasteiger partial charge on any atom is -0.491 e. The number of benzene rings is 1. The Morgan fingerprint density at radius 2 is 1.61 bits per heavy atom. The van der Waals surface area contributed by atoms with Crippen molar-refractivity contribution in [1.29, 1.82) is 0 Å². The Morgan fingerprint density at radius 3 is 2.22 bits per heavy atom. The quantitative estimate of drug-likeness (QED) is 0.475. The molecule has 0 aliphatic carbocycles. The normalized spacial score (nSPS) is 10.8. The van der Waals surface area contributed by atoms with Gasteiger partial charge in [-0.1, -0.05) is 18.2 Å². The summed E-state index contributed by atoms with van der Waals surface area (Å²) < 4.78 is 21.7. The zero-order valence-electron chi connectivity index (χ0n) is 11.1. The Morgan fingerprint density at radius 1 is 0.944 bits per heavy atom. The van der Waals surface area contributed by atoms with E-state index in [-0.39, 0.29) is 6.29 Å². The van der Waals surface area contributed by atoms with Gasteiger partial charge in [0.05, 0.1) is 13.2 Å². The third kappa shape index (κ3) is 6.59. The zero-order chi connectivity index (χ0) is 13.1. The predicted octanol–water partition coefficient (Wildman–Crippen LogP) is 2.48. The molecule has 0 aliphatic rings. The van der Waals surface area contributed by atoms with E-state index in [4.69, 9.17) is 18.9 Å². The fraction of sp³-hybridized carbons (Fsp3) is 0.571. The van der Waals surface area contributed by atoms with Gasteiger partial charge in [-0.25, -0.2) is 0 Å². The Bertz CT molecular complexity index is 283. The minimum atomic E-state index is -0.281. The lowest BCUT2D eigenvalue weighted by Crippen LogP contribution is -2.24. The van der Waals surface area contributed by atoms with Crippen molar-refractivity contribution in [3.05, 3.63) is 30.3 Å². The molecule has 1 rings (SSSR count). The zero-order valence-corrected chi connectivity index (χ0v) is 11.1. The fourth-order valence-electron chi connectivity index (χ4n) is 1.43. The number of para-hydroxylation sites is 1. The van der Waals surface area contributed by atoms with Crippen molar-refractivity contribution in [1.82, 2.24) is 0 Å². The molecule has 0 radical (unpaired) electrons. The van der Waals surface area contributed by atoms with Gasteiger partial charge in [0.1, 0.15) is 12.4 Å². The highest BCUT2D eigenvalue weighted by molar-refractivity contribution is 5.20. The van der Waals surface area contributed by atoms with Gasteiger partial charge < -0.3 is 18.9 Å². The lowest BCUT2D eigenvalue weighted by Gasteiger charge is -2.16. The average Bonchev–Trinajstić information content (AvgIpc) is 2.40.